The second-order valence-electron chi connectivity index (χ2n) is 8.98. The molecule has 0 spiro atoms. The van der Waals surface area contributed by atoms with Crippen molar-refractivity contribution in [3.63, 3.8) is 0 Å². The molecule has 170 valence electrons. The van der Waals surface area contributed by atoms with Gasteiger partial charge in [0.15, 0.2) is 0 Å². The Hall–Kier alpha value is -2.63. The lowest BCUT2D eigenvalue weighted by atomic mass is 10.0. The second kappa shape index (κ2) is 10.3. The fourth-order valence-electron chi connectivity index (χ4n) is 4.83. The molecule has 1 saturated carbocycles. The number of rotatable bonds is 9. The number of likely N-dealkylation sites (tertiary alicyclic amines) is 1. The molecule has 1 aliphatic heterocycles. The van der Waals surface area contributed by atoms with E-state index in [-0.39, 0.29) is 5.56 Å². The lowest BCUT2D eigenvalue weighted by molar-refractivity contribution is 0.0696. The van der Waals surface area contributed by atoms with Crippen LogP contribution in [0.5, 0.6) is 5.75 Å². The van der Waals surface area contributed by atoms with Crippen LogP contribution in [0, 0.1) is 5.92 Å². The van der Waals surface area contributed by atoms with E-state index in [2.05, 4.69) is 53.5 Å². The highest BCUT2D eigenvalue weighted by Gasteiger charge is 2.40. The third-order valence-corrected chi connectivity index (χ3v) is 6.79. The second-order valence-corrected chi connectivity index (χ2v) is 8.98. The van der Waals surface area contributed by atoms with Gasteiger partial charge in [-0.1, -0.05) is 55.0 Å². The Morgan fingerprint density at radius 2 is 1.94 bits per heavy atom. The first kappa shape index (κ1) is 22.6. The van der Waals surface area contributed by atoms with E-state index in [0.717, 1.165) is 44.5 Å². The topological polar surface area (TPSA) is 61.8 Å². The molecule has 1 saturated heterocycles. The Morgan fingerprint density at radius 1 is 1.19 bits per heavy atom. The molecule has 0 amide bonds. The average Bonchev–Trinajstić information content (AvgIpc) is 3.58. The van der Waals surface area contributed by atoms with E-state index in [1.807, 2.05) is 6.07 Å². The van der Waals surface area contributed by atoms with E-state index >= 15 is 0 Å². The van der Waals surface area contributed by atoms with Crippen LogP contribution in [0.1, 0.15) is 54.1 Å². The number of carbonyl (C=O) groups is 1. The molecule has 2 aliphatic rings. The van der Waals surface area contributed by atoms with Gasteiger partial charge in [-0.3, -0.25) is 4.90 Å². The standard InChI is InChI=1S/C27H34N2O3/c1-3-20(15-19-7-5-4-6-8-19)24-17-25(24)28-23-11-13-29(14-12-23)18-22-10-9-21(27(30)31)16-26(22)32-2/h4-10,15-16,23-25,28H,3,11-14,17-18H2,1-2H3,(H,30,31)/b20-15+/t24-,25+/m0/s1. The number of benzene rings is 2. The molecular formula is C27H34N2O3. The van der Waals surface area contributed by atoms with Crippen molar-refractivity contribution in [3.8, 4) is 5.75 Å². The van der Waals surface area contributed by atoms with E-state index < -0.39 is 5.97 Å². The van der Waals surface area contributed by atoms with E-state index in [0.29, 0.717) is 23.8 Å². The van der Waals surface area contributed by atoms with Gasteiger partial charge in [0.1, 0.15) is 5.75 Å². The zero-order valence-corrected chi connectivity index (χ0v) is 19.1. The molecule has 5 heteroatoms. The van der Waals surface area contributed by atoms with E-state index in [1.54, 1.807) is 24.8 Å². The van der Waals surface area contributed by atoms with Gasteiger partial charge in [-0.2, -0.15) is 0 Å². The van der Waals surface area contributed by atoms with E-state index in [1.165, 1.54) is 12.0 Å². The van der Waals surface area contributed by atoms with Crippen molar-refractivity contribution in [3.05, 3.63) is 70.8 Å². The van der Waals surface area contributed by atoms with E-state index in [9.17, 15) is 9.90 Å². The third kappa shape index (κ3) is 5.59. The minimum absolute atomic E-state index is 0.264. The van der Waals surface area contributed by atoms with Crippen molar-refractivity contribution in [2.75, 3.05) is 20.2 Å². The first-order valence-electron chi connectivity index (χ1n) is 11.7. The zero-order valence-electron chi connectivity index (χ0n) is 19.1. The number of hydrogen-bond donors (Lipinski definition) is 2. The molecule has 2 N–H and O–H groups in total. The Labute approximate surface area is 191 Å². The molecular weight excluding hydrogens is 400 g/mol. The van der Waals surface area contributed by atoms with Crippen molar-refractivity contribution >= 4 is 12.0 Å². The molecule has 2 fully saturated rings. The van der Waals surface area contributed by atoms with Crippen LogP contribution in [0.25, 0.3) is 6.08 Å². The third-order valence-electron chi connectivity index (χ3n) is 6.79. The molecule has 0 unspecified atom stereocenters. The number of carboxylic acids is 1. The highest BCUT2D eigenvalue weighted by Crippen LogP contribution is 2.40. The fourth-order valence-corrected chi connectivity index (χ4v) is 4.83. The summed E-state index contributed by atoms with van der Waals surface area (Å²) < 4.78 is 5.44. The van der Waals surface area contributed by atoms with Gasteiger partial charge >= 0.3 is 5.97 Å². The Balaban J connectivity index is 1.26. The monoisotopic (exact) mass is 434 g/mol. The van der Waals surface area contributed by atoms with Crippen LogP contribution in [-0.2, 0) is 6.54 Å². The Morgan fingerprint density at radius 3 is 2.59 bits per heavy atom. The number of carboxylic acid groups (broad SMARTS) is 1. The van der Waals surface area contributed by atoms with Gasteiger partial charge in [0.25, 0.3) is 0 Å². The number of methoxy groups -OCH3 is 1. The van der Waals surface area contributed by atoms with Crippen LogP contribution in [-0.4, -0.2) is 48.3 Å². The number of ether oxygens (including phenoxy) is 1. The van der Waals surface area contributed by atoms with Gasteiger partial charge in [0.2, 0.25) is 0 Å². The molecule has 2 aromatic rings. The Bertz CT molecular complexity index is 949. The first-order valence-corrected chi connectivity index (χ1v) is 11.7. The van der Waals surface area contributed by atoms with Gasteiger partial charge in [0.05, 0.1) is 12.7 Å². The lowest BCUT2D eigenvalue weighted by Crippen LogP contribution is -2.43. The van der Waals surface area contributed by atoms with E-state index in [4.69, 9.17) is 4.74 Å². The van der Waals surface area contributed by atoms with Crippen LogP contribution in [0.3, 0.4) is 0 Å². The minimum Gasteiger partial charge on any atom is -0.496 e. The van der Waals surface area contributed by atoms with Gasteiger partial charge in [-0.05, 0) is 62.4 Å². The van der Waals surface area contributed by atoms with Crippen molar-refractivity contribution < 1.29 is 14.6 Å². The molecule has 0 radical (unpaired) electrons. The molecule has 0 bridgehead atoms. The van der Waals surface area contributed by atoms with Crippen molar-refractivity contribution in [1.82, 2.24) is 10.2 Å². The van der Waals surface area contributed by atoms with Crippen LogP contribution >= 0.6 is 0 Å². The maximum Gasteiger partial charge on any atom is 0.335 e. The molecule has 2 aromatic carbocycles. The van der Waals surface area contributed by atoms with Crippen molar-refractivity contribution in [2.24, 2.45) is 5.92 Å². The number of hydrogen-bond acceptors (Lipinski definition) is 4. The van der Waals surface area contributed by atoms with Crippen LogP contribution < -0.4 is 10.1 Å². The summed E-state index contributed by atoms with van der Waals surface area (Å²) in [5.74, 6) is 0.406. The highest BCUT2D eigenvalue weighted by atomic mass is 16.5. The zero-order chi connectivity index (χ0) is 22.5. The van der Waals surface area contributed by atoms with Crippen LogP contribution in [0.2, 0.25) is 0 Å². The van der Waals surface area contributed by atoms with Crippen LogP contribution in [0.15, 0.2) is 54.1 Å². The van der Waals surface area contributed by atoms with Crippen LogP contribution in [0.4, 0.5) is 0 Å². The summed E-state index contributed by atoms with van der Waals surface area (Å²) in [5.41, 5.74) is 4.17. The summed E-state index contributed by atoms with van der Waals surface area (Å²) >= 11 is 0. The van der Waals surface area contributed by atoms with Gasteiger partial charge < -0.3 is 15.2 Å². The quantitative estimate of drug-likeness (QED) is 0.592. The summed E-state index contributed by atoms with van der Waals surface area (Å²) in [6.07, 6.45) is 7.02. The Kier molecular flexibility index (Phi) is 7.28. The first-order chi connectivity index (χ1) is 15.6. The number of nitrogens with zero attached hydrogens (tertiary/aromatic N) is 1. The summed E-state index contributed by atoms with van der Waals surface area (Å²) in [6.45, 7) is 5.14. The summed E-state index contributed by atoms with van der Waals surface area (Å²) in [7, 11) is 1.60. The molecule has 4 rings (SSSR count). The smallest absolute Gasteiger partial charge is 0.335 e. The molecule has 2 atom stereocenters. The summed E-state index contributed by atoms with van der Waals surface area (Å²) in [6, 6.07) is 17.0. The van der Waals surface area contributed by atoms with Crippen molar-refractivity contribution in [1.29, 1.82) is 0 Å². The normalized spacial score (nSPS) is 22.0. The molecule has 32 heavy (non-hydrogen) atoms. The predicted molar refractivity (Wildman–Crippen MR) is 128 cm³/mol. The summed E-state index contributed by atoms with van der Waals surface area (Å²) in [5, 5.41) is 13.1. The maximum atomic E-state index is 11.2. The maximum absolute atomic E-state index is 11.2. The largest absolute Gasteiger partial charge is 0.496 e. The SMILES string of the molecule is CC/C(=C\c1ccccc1)[C@@H]1C[C@H]1NC1CCN(Cc2ccc(C(=O)O)cc2OC)CC1. The summed E-state index contributed by atoms with van der Waals surface area (Å²) in [4.78, 5) is 13.6. The molecule has 1 heterocycles. The average molecular weight is 435 g/mol. The van der Waals surface area contributed by atoms with Gasteiger partial charge in [-0.25, -0.2) is 4.79 Å². The predicted octanol–water partition coefficient (Wildman–Crippen LogP) is 4.83. The molecule has 0 aromatic heterocycles. The number of piperidine rings is 1. The number of aromatic carboxylic acids is 1. The molecule has 1 aliphatic carbocycles. The highest BCUT2D eigenvalue weighted by molar-refractivity contribution is 5.88. The van der Waals surface area contributed by atoms with Crippen molar-refractivity contribution in [2.45, 2.75) is 51.2 Å². The van der Waals surface area contributed by atoms with Gasteiger partial charge in [-0.15, -0.1) is 0 Å². The number of nitrogens with one attached hydrogen (secondary N) is 1. The van der Waals surface area contributed by atoms with Gasteiger partial charge in [0, 0.05) is 24.2 Å². The molecule has 5 nitrogen and oxygen atoms in total. The fraction of sp³-hybridized carbons (Fsp3) is 0.444. The minimum atomic E-state index is -0.926. The lowest BCUT2D eigenvalue weighted by Gasteiger charge is -2.33.